The Labute approximate surface area is 150 Å². The quantitative estimate of drug-likeness (QED) is 0.731. The van der Waals surface area contributed by atoms with Crippen LogP contribution in [0.3, 0.4) is 0 Å². The molecule has 0 unspecified atom stereocenters. The first-order chi connectivity index (χ1) is 12.3. The Morgan fingerprint density at radius 3 is 2.27 bits per heavy atom. The van der Waals surface area contributed by atoms with E-state index in [1.807, 2.05) is 12.1 Å². The van der Waals surface area contributed by atoms with Crippen LogP contribution in [-0.2, 0) is 22.6 Å². The first-order valence-corrected chi connectivity index (χ1v) is 9.79. The van der Waals surface area contributed by atoms with E-state index in [4.69, 9.17) is 0 Å². The molecule has 0 atom stereocenters. The van der Waals surface area contributed by atoms with E-state index in [0.717, 1.165) is 5.56 Å². The third-order valence-electron chi connectivity index (χ3n) is 3.67. The SMILES string of the molecule is Cn1nnnc1-c1ccc(NC(=O)c2ccc(CS(C)(=O)=O)cc2)cc1. The summed E-state index contributed by atoms with van der Waals surface area (Å²) in [6.45, 7) is 0. The van der Waals surface area contributed by atoms with Gasteiger partial charge in [0.2, 0.25) is 0 Å². The van der Waals surface area contributed by atoms with Crippen LogP contribution in [0.1, 0.15) is 15.9 Å². The Hall–Kier alpha value is -3.07. The highest BCUT2D eigenvalue weighted by atomic mass is 32.2. The van der Waals surface area contributed by atoms with Gasteiger partial charge in [0, 0.05) is 30.1 Å². The van der Waals surface area contributed by atoms with Crippen LogP contribution >= 0.6 is 0 Å². The molecule has 26 heavy (non-hydrogen) atoms. The number of hydrogen-bond acceptors (Lipinski definition) is 6. The molecule has 1 aromatic heterocycles. The molecule has 0 saturated heterocycles. The summed E-state index contributed by atoms with van der Waals surface area (Å²) < 4.78 is 24.2. The molecular weight excluding hydrogens is 354 g/mol. The fourth-order valence-corrected chi connectivity index (χ4v) is 3.23. The summed E-state index contributed by atoms with van der Waals surface area (Å²) in [5.41, 5.74) is 2.56. The third-order valence-corrected chi connectivity index (χ3v) is 4.52. The van der Waals surface area contributed by atoms with E-state index in [0.29, 0.717) is 22.6 Å². The van der Waals surface area contributed by atoms with E-state index in [9.17, 15) is 13.2 Å². The molecule has 9 heteroatoms. The van der Waals surface area contributed by atoms with Crippen molar-refractivity contribution in [2.75, 3.05) is 11.6 Å². The Morgan fingerprint density at radius 1 is 1.08 bits per heavy atom. The highest BCUT2D eigenvalue weighted by molar-refractivity contribution is 7.89. The van der Waals surface area contributed by atoms with Gasteiger partial charge >= 0.3 is 0 Å². The molecule has 1 N–H and O–H groups in total. The Morgan fingerprint density at radius 2 is 1.73 bits per heavy atom. The molecule has 3 aromatic rings. The minimum absolute atomic E-state index is 0.0483. The number of nitrogens with zero attached hydrogens (tertiary/aromatic N) is 4. The summed E-state index contributed by atoms with van der Waals surface area (Å²) in [5, 5.41) is 14.1. The Balaban J connectivity index is 1.69. The maximum atomic E-state index is 12.3. The second kappa shape index (κ2) is 7.04. The zero-order chi connectivity index (χ0) is 18.7. The van der Waals surface area contributed by atoms with Gasteiger partial charge in [-0.15, -0.1) is 5.10 Å². The molecule has 134 valence electrons. The summed E-state index contributed by atoms with van der Waals surface area (Å²) in [5.74, 6) is 0.307. The standard InChI is InChI=1S/C17H17N5O3S/c1-22-16(19-20-21-22)13-7-9-15(10-8-13)18-17(23)14-5-3-12(4-6-14)11-26(2,24)25/h3-10H,11H2,1-2H3,(H,18,23). The van der Waals surface area contributed by atoms with E-state index in [2.05, 4.69) is 20.8 Å². The van der Waals surface area contributed by atoms with Crippen LogP contribution in [0.15, 0.2) is 48.5 Å². The minimum Gasteiger partial charge on any atom is -0.322 e. The zero-order valence-electron chi connectivity index (χ0n) is 14.2. The van der Waals surface area contributed by atoms with Crippen molar-refractivity contribution >= 4 is 21.4 Å². The molecule has 1 amide bonds. The van der Waals surface area contributed by atoms with Crippen LogP contribution < -0.4 is 5.32 Å². The van der Waals surface area contributed by atoms with Crippen molar-refractivity contribution in [1.29, 1.82) is 0 Å². The average Bonchev–Trinajstić information content (AvgIpc) is 3.01. The fourth-order valence-electron chi connectivity index (χ4n) is 2.44. The van der Waals surface area contributed by atoms with E-state index in [1.54, 1.807) is 48.1 Å². The molecule has 0 saturated carbocycles. The maximum Gasteiger partial charge on any atom is 0.255 e. The molecule has 1 heterocycles. The molecule has 0 aliphatic carbocycles. The number of carbonyl (C=O) groups is 1. The predicted molar refractivity (Wildman–Crippen MR) is 97.2 cm³/mol. The van der Waals surface area contributed by atoms with E-state index >= 15 is 0 Å². The van der Waals surface area contributed by atoms with Crippen molar-refractivity contribution < 1.29 is 13.2 Å². The van der Waals surface area contributed by atoms with Gasteiger partial charge in [0.05, 0.1) is 5.75 Å². The number of benzene rings is 2. The molecule has 0 radical (unpaired) electrons. The molecule has 0 spiro atoms. The lowest BCUT2D eigenvalue weighted by molar-refractivity contribution is 0.102. The van der Waals surface area contributed by atoms with Gasteiger partial charge in [-0.05, 0) is 52.4 Å². The van der Waals surface area contributed by atoms with Crippen molar-refractivity contribution in [3.05, 3.63) is 59.7 Å². The number of rotatable bonds is 5. The number of carbonyl (C=O) groups excluding carboxylic acids is 1. The maximum absolute atomic E-state index is 12.3. The molecule has 8 nitrogen and oxygen atoms in total. The molecule has 2 aromatic carbocycles. The number of tetrazole rings is 1. The van der Waals surface area contributed by atoms with Crippen LogP contribution in [0.25, 0.3) is 11.4 Å². The largest absolute Gasteiger partial charge is 0.322 e. The third kappa shape index (κ3) is 4.31. The van der Waals surface area contributed by atoms with Gasteiger partial charge < -0.3 is 5.32 Å². The predicted octanol–water partition coefficient (Wildman–Crippen LogP) is 1.67. The van der Waals surface area contributed by atoms with E-state index < -0.39 is 9.84 Å². The van der Waals surface area contributed by atoms with Crippen molar-refractivity contribution in [3.8, 4) is 11.4 Å². The normalized spacial score (nSPS) is 11.3. The van der Waals surface area contributed by atoms with Gasteiger partial charge in [0.15, 0.2) is 15.7 Å². The molecular formula is C17H17N5O3S. The summed E-state index contributed by atoms with van der Waals surface area (Å²) in [6, 6.07) is 13.7. The number of aromatic nitrogens is 4. The van der Waals surface area contributed by atoms with E-state index in [1.165, 1.54) is 6.26 Å². The van der Waals surface area contributed by atoms with Gasteiger partial charge in [-0.3, -0.25) is 4.79 Å². The first-order valence-electron chi connectivity index (χ1n) is 7.73. The average molecular weight is 371 g/mol. The lowest BCUT2D eigenvalue weighted by Gasteiger charge is -2.07. The lowest BCUT2D eigenvalue weighted by Crippen LogP contribution is -2.12. The first kappa shape index (κ1) is 17.7. The number of sulfone groups is 1. The lowest BCUT2D eigenvalue weighted by atomic mass is 10.1. The highest BCUT2D eigenvalue weighted by Gasteiger charge is 2.10. The van der Waals surface area contributed by atoms with Crippen molar-refractivity contribution in [2.24, 2.45) is 7.05 Å². The molecule has 3 rings (SSSR count). The van der Waals surface area contributed by atoms with Gasteiger partial charge in [0.1, 0.15) is 0 Å². The molecule has 0 fully saturated rings. The Kier molecular flexibility index (Phi) is 4.81. The minimum atomic E-state index is -3.10. The van der Waals surface area contributed by atoms with Gasteiger partial charge in [-0.25, -0.2) is 13.1 Å². The van der Waals surface area contributed by atoms with Crippen LogP contribution in [-0.4, -0.2) is 40.8 Å². The second-order valence-corrected chi connectivity index (χ2v) is 8.06. The number of anilines is 1. The zero-order valence-corrected chi connectivity index (χ0v) is 15.1. The van der Waals surface area contributed by atoms with Crippen LogP contribution in [0.4, 0.5) is 5.69 Å². The summed E-state index contributed by atoms with van der Waals surface area (Å²) in [7, 11) is -1.35. The summed E-state index contributed by atoms with van der Waals surface area (Å²) in [4.78, 5) is 12.3. The number of aryl methyl sites for hydroxylation is 1. The topological polar surface area (TPSA) is 107 Å². The van der Waals surface area contributed by atoms with Gasteiger partial charge in [-0.1, -0.05) is 12.1 Å². The van der Waals surface area contributed by atoms with Gasteiger partial charge in [0.25, 0.3) is 5.91 Å². The monoisotopic (exact) mass is 371 g/mol. The fraction of sp³-hybridized carbons (Fsp3) is 0.176. The van der Waals surface area contributed by atoms with Crippen molar-refractivity contribution in [3.63, 3.8) is 0 Å². The van der Waals surface area contributed by atoms with Crippen LogP contribution in [0.2, 0.25) is 0 Å². The van der Waals surface area contributed by atoms with Crippen molar-refractivity contribution in [1.82, 2.24) is 20.2 Å². The summed E-state index contributed by atoms with van der Waals surface area (Å²) >= 11 is 0. The number of amides is 1. The van der Waals surface area contributed by atoms with Crippen LogP contribution in [0, 0.1) is 0 Å². The number of nitrogens with one attached hydrogen (secondary N) is 1. The molecule has 0 bridgehead atoms. The van der Waals surface area contributed by atoms with E-state index in [-0.39, 0.29) is 11.7 Å². The smallest absolute Gasteiger partial charge is 0.255 e. The second-order valence-electron chi connectivity index (χ2n) is 5.92. The molecule has 0 aliphatic heterocycles. The summed E-state index contributed by atoms with van der Waals surface area (Å²) in [6.07, 6.45) is 1.17. The highest BCUT2D eigenvalue weighted by Crippen LogP contribution is 2.19. The van der Waals surface area contributed by atoms with Gasteiger partial charge in [-0.2, -0.15) is 0 Å². The number of hydrogen-bond donors (Lipinski definition) is 1. The molecule has 0 aliphatic rings. The van der Waals surface area contributed by atoms with Crippen molar-refractivity contribution in [2.45, 2.75) is 5.75 Å². The Bertz CT molecular complexity index is 1030. The van der Waals surface area contributed by atoms with Crippen LogP contribution in [0.5, 0.6) is 0 Å².